The summed E-state index contributed by atoms with van der Waals surface area (Å²) in [7, 11) is 0. The number of rotatable bonds is 4. The number of aryl methyl sites for hydroxylation is 1. The van der Waals surface area contributed by atoms with E-state index in [4.69, 9.17) is 0 Å². The minimum atomic E-state index is -0.310. The molecule has 1 aliphatic rings. The molecule has 3 rings (SSSR count). The number of piperidine rings is 1. The van der Waals surface area contributed by atoms with Crippen molar-refractivity contribution in [2.45, 2.75) is 46.1 Å². The first-order chi connectivity index (χ1) is 13.8. The van der Waals surface area contributed by atoms with Crippen LogP contribution in [0.4, 0.5) is 10.1 Å². The van der Waals surface area contributed by atoms with Crippen molar-refractivity contribution in [3.05, 3.63) is 71.0 Å². The molecule has 152 valence electrons. The molecule has 1 heterocycles. The van der Waals surface area contributed by atoms with Gasteiger partial charge in [0, 0.05) is 29.9 Å². The molecule has 5 heteroatoms. The molecule has 0 spiro atoms. The Bertz CT molecular complexity index is 934. The normalized spacial score (nSPS) is 17.2. The first kappa shape index (κ1) is 20.8. The molecule has 2 aromatic rings. The second-order valence-electron chi connectivity index (χ2n) is 7.70. The Morgan fingerprint density at radius 3 is 2.45 bits per heavy atom. The molecule has 0 aromatic heterocycles. The SMILES string of the molecule is C/C(=C/C(=O)Nc1ccc(C(=O)N2CCCCC2C)cc1C)c1ccc(F)cc1. The molecule has 0 bridgehead atoms. The van der Waals surface area contributed by atoms with E-state index in [1.807, 2.05) is 17.9 Å². The lowest BCUT2D eigenvalue weighted by Crippen LogP contribution is -2.42. The monoisotopic (exact) mass is 394 g/mol. The van der Waals surface area contributed by atoms with Crippen LogP contribution < -0.4 is 5.32 Å². The minimum Gasteiger partial charge on any atom is -0.336 e. The number of carbonyl (C=O) groups excluding carboxylic acids is 2. The van der Waals surface area contributed by atoms with Gasteiger partial charge in [-0.05, 0) is 87.1 Å². The van der Waals surface area contributed by atoms with Crippen LogP contribution in [0.25, 0.3) is 5.57 Å². The third-order valence-electron chi connectivity index (χ3n) is 5.44. The molecule has 1 saturated heterocycles. The van der Waals surface area contributed by atoms with Crippen LogP contribution >= 0.6 is 0 Å². The molecule has 1 atom stereocenters. The Hall–Kier alpha value is -2.95. The van der Waals surface area contributed by atoms with E-state index in [9.17, 15) is 14.0 Å². The van der Waals surface area contributed by atoms with Gasteiger partial charge in [0.15, 0.2) is 0 Å². The first-order valence-electron chi connectivity index (χ1n) is 10.0. The number of hydrogen-bond acceptors (Lipinski definition) is 2. The number of nitrogens with zero attached hydrogens (tertiary/aromatic N) is 1. The van der Waals surface area contributed by atoms with Gasteiger partial charge in [0.1, 0.15) is 5.82 Å². The molecule has 1 unspecified atom stereocenters. The van der Waals surface area contributed by atoms with Crippen molar-refractivity contribution in [2.24, 2.45) is 0 Å². The van der Waals surface area contributed by atoms with E-state index < -0.39 is 0 Å². The number of carbonyl (C=O) groups is 2. The average molecular weight is 394 g/mol. The predicted octanol–water partition coefficient (Wildman–Crippen LogP) is 5.19. The number of hydrogen-bond donors (Lipinski definition) is 1. The summed E-state index contributed by atoms with van der Waals surface area (Å²) in [6.07, 6.45) is 4.74. The standard InChI is InChI=1S/C24H27FN2O2/c1-16(19-7-10-21(25)11-8-19)15-23(28)26-22-12-9-20(14-17(22)2)24(29)27-13-5-4-6-18(27)3/h7-12,14-15,18H,4-6,13H2,1-3H3,(H,26,28)/b16-15-. The molecule has 1 fully saturated rings. The van der Waals surface area contributed by atoms with Gasteiger partial charge in [-0.25, -0.2) is 4.39 Å². The summed E-state index contributed by atoms with van der Waals surface area (Å²) in [5, 5.41) is 2.86. The van der Waals surface area contributed by atoms with E-state index in [2.05, 4.69) is 12.2 Å². The predicted molar refractivity (Wildman–Crippen MR) is 114 cm³/mol. The number of halogens is 1. The van der Waals surface area contributed by atoms with Gasteiger partial charge in [0.2, 0.25) is 5.91 Å². The second-order valence-corrected chi connectivity index (χ2v) is 7.70. The Kier molecular flexibility index (Phi) is 6.47. The number of benzene rings is 2. The maximum Gasteiger partial charge on any atom is 0.254 e. The zero-order chi connectivity index (χ0) is 21.0. The number of anilines is 1. The van der Waals surface area contributed by atoms with Gasteiger partial charge in [-0.2, -0.15) is 0 Å². The Morgan fingerprint density at radius 1 is 1.10 bits per heavy atom. The fraction of sp³-hybridized carbons (Fsp3) is 0.333. The van der Waals surface area contributed by atoms with Gasteiger partial charge in [0.25, 0.3) is 5.91 Å². The van der Waals surface area contributed by atoms with E-state index in [0.29, 0.717) is 11.3 Å². The minimum absolute atomic E-state index is 0.0465. The van der Waals surface area contributed by atoms with Crippen molar-refractivity contribution < 1.29 is 14.0 Å². The van der Waals surface area contributed by atoms with Gasteiger partial charge in [0.05, 0.1) is 0 Å². The quantitative estimate of drug-likeness (QED) is 0.726. The van der Waals surface area contributed by atoms with Gasteiger partial charge in [-0.3, -0.25) is 9.59 Å². The molecule has 0 radical (unpaired) electrons. The average Bonchev–Trinajstić information content (AvgIpc) is 2.69. The van der Waals surface area contributed by atoms with Gasteiger partial charge < -0.3 is 10.2 Å². The van der Waals surface area contributed by atoms with Crippen LogP contribution in [0.3, 0.4) is 0 Å². The fourth-order valence-corrected chi connectivity index (χ4v) is 3.66. The first-order valence-corrected chi connectivity index (χ1v) is 10.0. The maximum absolute atomic E-state index is 13.0. The van der Waals surface area contributed by atoms with E-state index in [-0.39, 0.29) is 23.7 Å². The van der Waals surface area contributed by atoms with Crippen LogP contribution in [-0.2, 0) is 4.79 Å². The van der Waals surface area contributed by atoms with Crippen LogP contribution in [0.2, 0.25) is 0 Å². The van der Waals surface area contributed by atoms with Crippen molar-refractivity contribution in [2.75, 3.05) is 11.9 Å². The van der Waals surface area contributed by atoms with Gasteiger partial charge in [-0.15, -0.1) is 0 Å². The van der Waals surface area contributed by atoms with Gasteiger partial charge >= 0.3 is 0 Å². The lowest BCUT2D eigenvalue weighted by atomic mass is 10.0. The van der Waals surface area contributed by atoms with Crippen molar-refractivity contribution in [3.63, 3.8) is 0 Å². The van der Waals surface area contributed by atoms with E-state index >= 15 is 0 Å². The second kappa shape index (κ2) is 9.03. The Morgan fingerprint density at radius 2 is 1.79 bits per heavy atom. The highest BCUT2D eigenvalue weighted by Crippen LogP contribution is 2.23. The molecule has 2 aromatic carbocycles. The Labute approximate surface area is 171 Å². The zero-order valence-corrected chi connectivity index (χ0v) is 17.2. The summed E-state index contributed by atoms with van der Waals surface area (Å²) in [5.41, 5.74) is 3.68. The summed E-state index contributed by atoms with van der Waals surface area (Å²) in [4.78, 5) is 27.1. The third kappa shape index (κ3) is 5.11. The maximum atomic E-state index is 13.0. The topological polar surface area (TPSA) is 49.4 Å². The smallest absolute Gasteiger partial charge is 0.254 e. The summed E-state index contributed by atoms with van der Waals surface area (Å²) in [5.74, 6) is -0.529. The van der Waals surface area contributed by atoms with Crippen molar-refractivity contribution >= 4 is 23.1 Å². The molecule has 2 amide bonds. The van der Waals surface area contributed by atoms with Crippen molar-refractivity contribution in [3.8, 4) is 0 Å². The Balaban J connectivity index is 1.70. The number of allylic oxidation sites excluding steroid dienone is 1. The van der Waals surface area contributed by atoms with Crippen LogP contribution in [0.15, 0.2) is 48.5 Å². The third-order valence-corrected chi connectivity index (χ3v) is 5.44. The molecule has 0 saturated carbocycles. The van der Waals surface area contributed by atoms with E-state index in [0.717, 1.165) is 36.1 Å². The largest absolute Gasteiger partial charge is 0.336 e. The molecular weight excluding hydrogens is 367 g/mol. The molecular formula is C24H27FN2O2. The fourth-order valence-electron chi connectivity index (χ4n) is 3.66. The molecule has 4 nitrogen and oxygen atoms in total. The highest BCUT2D eigenvalue weighted by Gasteiger charge is 2.24. The molecule has 29 heavy (non-hydrogen) atoms. The van der Waals surface area contributed by atoms with Crippen molar-refractivity contribution in [1.29, 1.82) is 0 Å². The van der Waals surface area contributed by atoms with E-state index in [1.165, 1.54) is 24.6 Å². The highest BCUT2D eigenvalue weighted by molar-refractivity contribution is 6.04. The summed E-state index contributed by atoms with van der Waals surface area (Å²) < 4.78 is 13.0. The van der Waals surface area contributed by atoms with Crippen LogP contribution in [0.5, 0.6) is 0 Å². The summed E-state index contributed by atoms with van der Waals surface area (Å²) >= 11 is 0. The molecule has 1 aliphatic heterocycles. The van der Waals surface area contributed by atoms with Crippen molar-refractivity contribution in [1.82, 2.24) is 4.90 Å². The number of nitrogens with one attached hydrogen (secondary N) is 1. The summed E-state index contributed by atoms with van der Waals surface area (Å²) in [6.45, 7) is 6.57. The van der Waals surface area contributed by atoms with E-state index in [1.54, 1.807) is 31.2 Å². The molecule has 0 aliphatic carbocycles. The van der Waals surface area contributed by atoms with Crippen LogP contribution in [-0.4, -0.2) is 29.3 Å². The zero-order valence-electron chi connectivity index (χ0n) is 17.2. The summed E-state index contributed by atoms with van der Waals surface area (Å²) in [6, 6.07) is 11.6. The lowest BCUT2D eigenvalue weighted by Gasteiger charge is -2.33. The number of likely N-dealkylation sites (tertiary alicyclic amines) is 1. The highest BCUT2D eigenvalue weighted by atomic mass is 19.1. The van der Waals surface area contributed by atoms with Gasteiger partial charge in [-0.1, -0.05) is 12.1 Å². The van der Waals surface area contributed by atoms with Crippen LogP contribution in [0.1, 0.15) is 54.6 Å². The molecule has 1 N–H and O–H groups in total. The van der Waals surface area contributed by atoms with Crippen LogP contribution in [0, 0.1) is 12.7 Å². The lowest BCUT2D eigenvalue weighted by molar-refractivity contribution is -0.111. The number of amides is 2.